The van der Waals surface area contributed by atoms with Crippen molar-refractivity contribution in [1.82, 2.24) is 0 Å². The Morgan fingerprint density at radius 3 is 1.82 bits per heavy atom. The molecule has 0 saturated heterocycles. The Bertz CT molecular complexity index is 234. The van der Waals surface area contributed by atoms with E-state index in [1.807, 2.05) is 0 Å². The van der Waals surface area contributed by atoms with E-state index in [9.17, 15) is 9.59 Å². The fraction of sp³-hybridized carbons (Fsp3) is 0.818. The van der Waals surface area contributed by atoms with Gasteiger partial charge in [0.1, 0.15) is 0 Å². The predicted molar refractivity (Wildman–Crippen MR) is 59.4 cm³/mol. The number of hydrogen-bond donors (Lipinski definition) is 0. The van der Waals surface area contributed by atoms with Gasteiger partial charge in [-0.25, -0.2) is 0 Å². The first kappa shape index (κ1) is 15.9. The van der Waals surface area contributed by atoms with Crippen LogP contribution in [0.25, 0.3) is 0 Å². The Morgan fingerprint density at radius 2 is 1.47 bits per heavy atom. The second-order valence-corrected chi connectivity index (χ2v) is 3.58. The van der Waals surface area contributed by atoms with Crippen molar-refractivity contribution >= 4 is 11.9 Å². The van der Waals surface area contributed by atoms with E-state index in [0.717, 1.165) is 0 Å². The van der Waals surface area contributed by atoms with Crippen LogP contribution < -0.4 is 0 Å². The van der Waals surface area contributed by atoms with Crippen LogP contribution in [-0.2, 0) is 28.5 Å². The van der Waals surface area contributed by atoms with Crippen molar-refractivity contribution in [2.45, 2.75) is 6.42 Å². The fourth-order valence-electron chi connectivity index (χ4n) is 1.57. The highest BCUT2D eigenvalue weighted by Crippen LogP contribution is 2.19. The lowest BCUT2D eigenvalue weighted by Gasteiger charge is -2.23. The van der Waals surface area contributed by atoms with Crippen molar-refractivity contribution in [3.63, 3.8) is 0 Å². The summed E-state index contributed by atoms with van der Waals surface area (Å²) < 4.78 is 19.2. The zero-order valence-electron chi connectivity index (χ0n) is 10.7. The van der Waals surface area contributed by atoms with Gasteiger partial charge in [-0.1, -0.05) is 0 Å². The van der Waals surface area contributed by atoms with Crippen LogP contribution >= 0.6 is 0 Å². The first-order valence-electron chi connectivity index (χ1n) is 5.23. The molecule has 100 valence electrons. The molecule has 0 bridgehead atoms. The average Bonchev–Trinajstić information content (AvgIpc) is 2.34. The maximum atomic E-state index is 11.6. The van der Waals surface area contributed by atoms with Gasteiger partial charge in [0.2, 0.25) is 0 Å². The minimum Gasteiger partial charge on any atom is -0.469 e. The number of methoxy groups -OCH3 is 4. The lowest BCUT2D eigenvalue weighted by Crippen LogP contribution is -2.33. The maximum absolute atomic E-state index is 11.6. The smallest absolute Gasteiger partial charge is 0.309 e. The lowest BCUT2D eigenvalue weighted by molar-refractivity contribution is -0.155. The summed E-state index contributed by atoms with van der Waals surface area (Å²) in [6.45, 7) is 0.620. The van der Waals surface area contributed by atoms with E-state index in [-0.39, 0.29) is 12.3 Å². The molecule has 0 radical (unpaired) electrons. The number of carbonyl (C=O) groups is 2. The Labute approximate surface area is 101 Å². The Balaban J connectivity index is 4.71. The third-order valence-corrected chi connectivity index (χ3v) is 2.45. The number of ether oxygens (including phenoxy) is 4. The zero-order valence-corrected chi connectivity index (χ0v) is 10.7. The fourth-order valence-corrected chi connectivity index (χ4v) is 1.57. The van der Waals surface area contributed by atoms with Gasteiger partial charge in [-0.15, -0.1) is 0 Å². The molecule has 6 heteroatoms. The van der Waals surface area contributed by atoms with Gasteiger partial charge >= 0.3 is 11.9 Å². The van der Waals surface area contributed by atoms with E-state index >= 15 is 0 Å². The van der Waals surface area contributed by atoms with Crippen LogP contribution in [0.4, 0.5) is 0 Å². The normalized spacial score (nSPS) is 12.3. The quantitative estimate of drug-likeness (QED) is 0.573. The van der Waals surface area contributed by atoms with Crippen molar-refractivity contribution in [3.8, 4) is 0 Å². The zero-order chi connectivity index (χ0) is 13.3. The minimum atomic E-state index is -0.618. The summed E-state index contributed by atoms with van der Waals surface area (Å²) in [5.74, 6) is -1.78. The molecular weight excluding hydrogens is 228 g/mol. The highest BCUT2D eigenvalue weighted by Gasteiger charge is 2.31. The summed E-state index contributed by atoms with van der Waals surface area (Å²) in [6.07, 6.45) is -0.0411. The number of hydrogen-bond acceptors (Lipinski definition) is 6. The SMILES string of the molecule is COCC(COC)[C@H](CC(=O)OC)C(=O)OC. The first-order valence-corrected chi connectivity index (χ1v) is 5.23. The third kappa shape index (κ3) is 5.65. The third-order valence-electron chi connectivity index (χ3n) is 2.45. The van der Waals surface area contributed by atoms with Gasteiger partial charge in [0.05, 0.1) is 39.8 Å². The van der Waals surface area contributed by atoms with Gasteiger partial charge in [0.25, 0.3) is 0 Å². The molecule has 0 rings (SSSR count). The van der Waals surface area contributed by atoms with Gasteiger partial charge in [0, 0.05) is 20.1 Å². The molecule has 0 aliphatic heterocycles. The van der Waals surface area contributed by atoms with Crippen molar-refractivity contribution in [2.24, 2.45) is 11.8 Å². The summed E-state index contributed by atoms with van der Waals surface area (Å²) in [5.41, 5.74) is 0. The van der Waals surface area contributed by atoms with Crippen LogP contribution in [0.5, 0.6) is 0 Å². The molecule has 0 aliphatic carbocycles. The van der Waals surface area contributed by atoms with Crippen LogP contribution in [0.15, 0.2) is 0 Å². The molecule has 0 aromatic heterocycles. The second-order valence-electron chi connectivity index (χ2n) is 3.58. The van der Waals surface area contributed by atoms with Gasteiger partial charge < -0.3 is 18.9 Å². The molecule has 6 nitrogen and oxygen atoms in total. The minimum absolute atomic E-state index is 0.0411. The van der Waals surface area contributed by atoms with Crippen molar-refractivity contribution < 1.29 is 28.5 Å². The molecule has 0 aliphatic rings. The Kier molecular flexibility index (Phi) is 8.35. The largest absolute Gasteiger partial charge is 0.469 e. The second kappa shape index (κ2) is 8.95. The van der Waals surface area contributed by atoms with E-state index in [1.165, 1.54) is 28.4 Å². The molecule has 0 N–H and O–H groups in total. The van der Waals surface area contributed by atoms with Crippen LogP contribution in [0.3, 0.4) is 0 Å². The van der Waals surface area contributed by atoms with E-state index < -0.39 is 17.9 Å². The van der Waals surface area contributed by atoms with Crippen LogP contribution in [0.1, 0.15) is 6.42 Å². The molecule has 0 fully saturated rings. The number of esters is 2. The summed E-state index contributed by atoms with van der Waals surface area (Å²) in [7, 11) is 5.60. The van der Waals surface area contributed by atoms with Crippen LogP contribution in [-0.4, -0.2) is 53.6 Å². The average molecular weight is 248 g/mol. The monoisotopic (exact) mass is 248 g/mol. The molecular formula is C11H20O6. The van der Waals surface area contributed by atoms with Gasteiger partial charge in [-0.05, 0) is 0 Å². The molecule has 0 aromatic carbocycles. The molecule has 0 heterocycles. The molecule has 17 heavy (non-hydrogen) atoms. The van der Waals surface area contributed by atoms with Crippen LogP contribution in [0, 0.1) is 11.8 Å². The van der Waals surface area contributed by atoms with E-state index in [0.29, 0.717) is 13.2 Å². The van der Waals surface area contributed by atoms with Crippen LogP contribution in [0.2, 0.25) is 0 Å². The predicted octanol–water partition coefficient (Wildman–Crippen LogP) is 0.248. The summed E-state index contributed by atoms with van der Waals surface area (Å²) in [4.78, 5) is 22.9. The van der Waals surface area contributed by atoms with Crippen molar-refractivity contribution in [1.29, 1.82) is 0 Å². The van der Waals surface area contributed by atoms with E-state index in [4.69, 9.17) is 9.47 Å². The standard InChI is InChI=1S/C11H20O6/c1-14-6-8(7-15-2)9(11(13)17-4)5-10(12)16-3/h8-9H,5-7H2,1-4H3/t9-/m0/s1. The van der Waals surface area contributed by atoms with E-state index in [2.05, 4.69) is 9.47 Å². The number of rotatable bonds is 8. The molecule has 1 atom stereocenters. The highest BCUT2D eigenvalue weighted by molar-refractivity contribution is 5.80. The van der Waals surface area contributed by atoms with Crippen molar-refractivity contribution in [2.75, 3.05) is 41.7 Å². The van der Waals surface area contributed by atoms with Gasteiger partial charge in [-0.2, -0.15) is 0 Å². The lowest BCUT2D eigenvalue weighted by atomic mass is 9.90. The molecule has 0 amide bonds. The van der Waals surface area contributed by atoms with Gasteiger partial charge in [-0.3, -0.25) is 9.59 Å². The summed E-state index contributed by atoms with van der Waals surface area (Å²) in [5, 5.41) is 0. The first-order chi connectivity index (χ1) is 8.10. The Morgan fingerprint density at radius 1 is 0.941 bits per heavy atom. The van der Waals surface area contributed by atoms with Gasteiger partial charge in [0.15, 0.2) is 0 Å². The molecule has 0 saturated carbocycles. The Hall–Kier alpha value is -1.14. The maximum Gasteiger partial charge on any atom is 0.309 e. The van der Waals surface area contributed by atoms with Crippen molar-refractivity contribution in [3.05, 3.63) is 0 Å². The number of carbonyl (C=O) groups excluding carboxylic acids is 2. The summed E-state index contributed by atoms with van der Waals surface area (Å²) in [6, 6.07) is 0. The van der Waals surface area contributed by atoms with E-state index in [1.54, 1.807) is 0 Å². The highest BCUT2D eigenvalue weighted by atomic mass is 16.5. The molecule has 0 spiro atoms. The molecule has 0 aromatic rings. The molecule has 0 unspecified atom stereocenters. The topological polar surface area (TPSA) is 71.1 Å². The summed E-state index contributed by atoms with van der Waals surface area (Å²) >= 11 is 0.